The Morgan fingerprint density at radius 1 is 0.771 bits per heavy atom. The lowest BCUT2D eigenvalue weighted by molar-refractivity contribution is -0.133. The molecule has 10 nitrogen and oxygen atoms in total. The van der Waals surface area contributed by atoms with Crippen LogP contribution in [0.15, 0.2) is 54.6 Å². The Morgan fingerprint density at radius 2 is 1.40 bits per heavy atom. The molecular weight excluding hydrogens is 602 g/mol. The Hall–Kier alpha value is -3.86. The summed E-state index contributed by atoms with van der Waals surface area (Å²) in [4.78, 5) is 33.1. The van der Waals surface area contributed by atoms with E-state index in [1.807, 2.05) is 35.2 Å². The summed E-state index contributed by atoms with van der Waals surface area (Å²) in [6.07, 6.45) is 4.73. The second-order valence-corrected chi connectivity index (χ2v) is 14.6. The molecule has 3 saturated heterocycles. The maximum atomic E-state index is 13.6. The van der Waals surface area contributed by atoms with E-state index in [0.29, 0.717) is 49.8 Å². The third-order valence-electron chi connectivity index (χ3n) is 10.1. The van der Waals surface area contributed by atoms with Gasteiger partial charge in [-0.1, -0.05) is 51.1 Å². The van der Waals surface area contributed by atoms with Gasteiger partial charge in [-0.25, -0.2) is 4.79 Å². The van der Waals surface area contributed by atoms with Crippen molar-refractivity contribution in [3.8, 4) is 0 Å². The third kappa shape index (κ3) is 8.40. The number of morpholine rings is 1. The van der Waals surface area contributed by atoms with Crippen LogP contribution in [-0.2, 0) is 14.9 Å². The number of benzene rings is 3. The first-order valence-electron chi connectivity index (χ1n) is 17.7. The summed E-state index contributed by atoms with van der Waals surface area (Å²) in [5.74, 6) is 0.0119. The number of piperidine rings is 2. The molecule has 0 bridgehead atoms. The normalized spacial score (nSPS) is 18.6. The van der Waals surface area contributed by atoms with Crippen molar-refractivity contribution in [2.75, 3.05) is 86.9 Å². The molecule has 6 rings (SSSR count). The predicted molar refractivity (Wildman–Crippen MR) is 197 cm³/mol. The molecular formula is C38H53N7O3. The first kappa shape index (κ1) is 34.0. The van der Waals surface area contributed by atoms with Crippen LogP contribution in [0.4, 0.5) is 27.5 Å². The molecule has 0 unspecified atom stereocenters. The second kappa shape index (κ2) is 15.1. The first-order chi connectivity index (χ1) is 23.1. The number of ether oxygens (including phenoxy) is 1. The number of amides is 3. The highest BCUT2D eigenvalue weighted by atomic mass is 16.5. The van der Waals surface area contributed by atoms with Crippen molar-refractivity contribution in [1.29, 1.82) is 0 Å². The molecule has 4 N–H and O–H groups in total. The van der Waals surface area contributed by atoms with E-state index in [-0.39, 0.29) is 23.9 Å². The van der Waals surface area contributed by atoms with Crippen LogP contribution in [0.2, 0.25) is 0 Å². The number of anilines is 4. The van der Waals surface area contributed by atoms with Gasteiger partial charge in [-0.2, -0.15) is 0 Å². The minimum Gasteiger partial charge on any atom is -0.378 e. The molecule has 3 heterocycles. The van der Waals surface area contributed by atoms with Crippen LogP contribution in [0, 0.1) is 0 Å². The van der Waals surface area contributed by atoms with Crippen molar-refractivity contribution in [1.82, 2.24) is 15.1 Å². The lowest BCUT2D eigenvalue weighted by atomic mass is 9.86. The van der Waals surface area contributed by atoms with Gasteiger partial charge in [0.15, 0.2) is 0 Å². The topological polar surface area (TPSA) is 101 Å². The Bertz CT molecular complexity index is 1570. The number of rotatable bonds is 8. The predicted octanol–water partition coefficient (Wildman–Crippen LogP) is 5.70. The van der Waals surface area contributed by atoms with Crippen molar-refractivity contribution in [3.05, 3.63) is 60.2 Å². The molecule has 3 aliphatic rings. The molecule has 0 aromatic heterocycles. The minimum atomic E-state index is -0.331. The molecule has 3 aromatic rings. The highest BCUT2D eigenvalue weighted by Gasteiger charge is 2.25. The Balaban J connectivity index is 1.13. The van der Waals surface area contributed by atoms with Crippen LogP contribution in [0.3, 0.4) is 0 Å². The van der Waals surface area contributed by atoms with Crippen molar-refractivity contribution >= 4 is 45.5 Å². The van der Waals surface area contributed by atoms with E-state index in [9.17, 15) is 9.59 Å². The zero-order valence-electron chi connectivity index (χ0n) is 29.1. The summed E-state index contributed by atoms with van der Waals surface area (Å²) in [7, 11) is 2.21. The number of nitrogens with zero attached hydrogens (tertiary/aromatic N) is 3. The molecule has 0 atom stereocenters. The van der Waals surface area contributed by atoms with E-state index >= 15 is 0 Å². The highest BCUT2D eigenvalue weighted by Crippen LogP contribution is 2.35. The number of carbonyl (C=O) groups excluding carboxylic acids is 2. The van der Waals surface area contributed by atoms with E-state index in [1.165, 1.54) is 31.6 Å². The molecule has 3 amide bonds. The Kier molecular flexibility index (Phi) is 10.7. The summed E-state index contributed by atoms with van der Waals surface area (Å²) in [5.41, 5.74) is 4.28. The van der Waals surface area contributed by atoms with E-state index in [4.69, 9.17) is 4.74 Å². The molecule has 3 aromatic carbocycles. The minimum absolute atomic E-state index is 0.0119. The van der Waals surface area contributed by atoms with Crippen LogP contribution in [0.25, 0.3) is 10.8 Å². The van der Waals surface area contributed by atoms with Gasteiger partial charge in [-0.05, 0) is 81.1 Å². The second-order valence-electron chi connectivity index (χ2n) is 14.6. The van der Waals surface area contributed by atoms with Gasteiger partial charge in [0.05, 0.1) is 36.8 Å². The van der Waals surface area contributed by atoms with Crippen LogP contribution in [0.1, 0.15) is 52.0 Å². The lowest BCUT2D eigenvalue weighted by Gasteiger charge is -2.38. The van der Waals surface area contributed by atoms with Gasteiger partial charge >= 0.3 is 6.03 Å². The SMILES string of the molecule is CN1CCC(NC2CCN(c3ccc(NC(=O)Nc4cc(C(C)(C)C)ccc4NCC(=O)N4CCOCC4)c4ccccc34)CC2)CC1. The summed E-state index contributed by atoms with van der Waals surface area (Å²) < 4.78 is 5.39. The molecule has 10 heteroatoms. The van der Waals surface area contributed by atoms with Crippen molar-refractivity contribution in [3.63, 3.8) is 0 Å². The monoisotopic (exact) mass is 655 g/mol. The van der Waals surface area contributed by atoms with Crippen LogP contribution in [0.5, 0.6) is 0 Å². The zero-order valence-corrected chi connectivity index (χ0v) is 29.1. The van der Waals surface area contributed by atoms with Gasteiger partial charge in [-0.15, -0.1) is 0 Å². The Morgan fingerprint density at radius 3 is 2.08 bits per heavy atom. The maximum absolute atomic E-state index is 13.6. The zero-order chi connectivity index (χ0) is 33.7. The quantitative estimate of drug-likeness (QED) is 0.247. The number of hydrogen-bond donors (Lipinski definition) is 4. The smallest absolute Gasteiger partial charge is 0.323 e. The number of carbonyl (C=O) groups is 2. The summed E-state index contributed by atoms with van der Waals surface area (Å²) >= 11 is 0. The standard InChI is InChI=1S/C38H53N7O3/c1-38(2,3)27-9-10-33(39-26-36(46)45-21-23-48-24-22-45)34(25-27)42-37(47)41-32-11-12-35(31-8-6-5-7-30(31)32)44-19-15-29(16-20-44)40-28-13-17-43(4)18-14-28/h5-12,25,28-29,39-40H,13-24,26H2,1-4H3,(H2,41,42,47). The fourth-order valence-corrected chi connectivity index (χ4v) is 7.10. The van der Waals surface area contributed by atoms with Gasteiger partial charge in [0, 0.05) is 54.7 Å². The van der Waals surface area contributed by atoms with E-state index in [0.717, 1.165) is 48.0 Å². The summed E-state index contributed by atoms with van der Waals surface area (Å²) in [5, 5.41) is 15.6. The fourth-order valence-electron chi connectivity index (χ4n) is 7.10. The van der Waals surface area contributed by atoms with Gasteiger partial charge in [0.2, 0.25) is 5.91 Å². The fraction of sp³-hybridized carbons (Fsp3) is 0.526. The molecule has 0 spiro atoms. The van der Waals surface area contributed by atoms with Gasteiger partial charge in [-0.3, -0.25) is 4.79 Å². The van der Waals surface area contributed by atoms with E-state index in [2.05, 4.69) is 83.2 Å². The molecule has 3 fully saturated rings. The molecule has 3 aliphatic heterocycles. The van der Waals surface area contributed by atoms with Crippen molar-refractivity contribution in [2.45, 2.75) is 64.0 Å². The number of fused-ring (bicyclic) bond motifs is 1. The maximum Gasteiger partial charge on any atom is 0.323 e. The Labute approximate surface area is 285 Å². The first-order valence-corrected chi connectivity index (χ1v) is 17.7. The largest absolute Gasteiger partial charge is 0.378 e. The number of nitrogens with one attached hydrogen (secondary N) is 4. The van der Waals surface area contributed by atoms with Crippen molar-refractivity contribution < 1.29 is 14.3 Å². The van der Waals surface area contributed by atoms with E-state index in [1.54, 1.807) is 0 Å². The molecule has 258 valence electrons. The average Bonchev–Trinajstić information content (AvgIpc) is 3.09. The van der Waals surface area contributed by atoms with Crippen LogP contribution >= 0.6 is 0 Å². The number of likely N-dealkylation sites (tertiary alicyclic amines) is 1. The van der Waals surface area contributed by atoms with Gasteiger partial charge in [0.25, 0.3) is 0 Å². The lowest BCUT2D eigenvalue weighted by Crippen LogP contribution is -2.49. The van der Waals surface area contributed by atoms with Crippen LogP contribution < -0.4 is 26.2 Å². The van der Waals surface area contributed by atoms with Gasteiger partial charge < -0.3 is 40.7 Å². The van der Waals surface area contributed by atoms with Crippen molar-refractivity contribution in [2.24, 2.45) is 0 Å². The number of hydrogen-bond acceptors (Lipinski definition) is 7. The molecule has 0 radical (unpaired) electrons. The molecule has 0 saturated carbocycles. The van der Waals surface area contributed by atoms with Crippen LogP contribution in [-0.4, -0.2) is 99.9 Å². The third-order valence-corrected chi connectivity index (χ3v) is 10.1. The summed E-state index contributed by atoms with van der Waals surface area (Å²) in [6.45, 7) is 13.3. The highest BCUT2D eigenvalue weighted by molar-refractivity contribution is 6.10. The number of urea groups is 1. The van der Waals surface area contributed by atoms with Gasteiger partial charge in [0.1, 0.15) is 0 Å². The summed E-state index contributed by atoms with van der Waals surface area (Å²) in [6, 6.07) is 19.3. The molecule has 0 aliphatic carbocycles. The van der Waals surface area contributed by atoms with E-state index < -0.39 is 0 Å². The molecule has 48 heavy (non-hydrogen) atoms. The average molecular weight is 656 g/mol.